The second-order valence-electron chi connectivity index (χ2n) is 7.68. The van der Waals surface area contributed by atoms with Gasteiger partial charge in [0.2, 0.25) is 0 Å². The predicted octanol–water partition coefficient (Wildman–Crippen LogP) is 2.79. The number of guanidine groups is 1. The zero-order valence-corrected chi connectivity index (χ0v) is 16.9. The van der Waals surface area contributed by atoms with Crippen molar-refractivity contribution in [2.75, 3.05) is 59.4 Å². The van der Waals surface area contributed by atoms with E-state index in [4.69, 9.17) is 0 Å². The zero-order valence-electron chi connectivity index (χ0n) is 16.9. The van der Waals surface area contributed by atoms with Crippen molar-refractivity contribution in [1.82, 2.24) is 20.0 Å². The minimum Gasteiger partial charge on any atom is -0.356 e. The number of halogens is 3. The molecule has 8 heteroatoms. The van der Waals surface area contributed by atoms with Gasteiger partial charge in [0.15, 0.2) is 5.96 Å². The van der Waals surface area contributed by atoms with Crippen molar-refractivity contribution >= 4 is 5.96 Å². The molecule has 0 bridgehead atoms. The van der Waals surface area contributed by atoms with E-state index >= 15 is 0 Å². The highest BCUT2D eigenvalue weighted by molar-refractivity contribution is 5.79. The third kappa shape index (κ3) is 7.49. The Hall–Kier alpha value is -1.02. The molecule has 2 aliphatic rings. The van der Waals surface area contributed by atoms with E-state index in [0.29, 0.717) is 26.2 Å². The number of piperidine rings is 1. The van der Waals surface area contributed by atoms with Crippen LogP contribution in [0.3, 0.4) is 0 Å². The van der Waals surface area contributed by atoms with Gasteiger partial charge in [-0.25, -0.2) is 0 Å². The summed E-state index contributed by atoms with van der Waals surface area (Å²) in [5.41, 5.74) is 0. The van der Waals surface area contributed by atoms with E-state index in [1.807, 2.05) is 0 Å². The lowest BCUT2D eigenvalue weighted by Crippen LogP contribution is -2.56. The van der Waals surface area contributed by atoms with E-state index in [9.17, 15) is 13.2 Å². The molecule has 1 atom stereocenters. The first-order valence-corrected chi connectivity index (χ1v) is 10.4. The minimum atomic E-state index is -4.16. The van der Waals surface area contributed by atoms with Crippen molar-refractivity contribution in [2.24, 2.45) is 4.99 Å². The summed E-state index contributed by atoms with van der Waals surface area (Å²) >= 11 is 0. The lowest BCUT2D eigenvalue weighted by atomic mass is 10.1. The van der Waals surface area contributed by atoms with Crippen molar-refractivity contribution < 1.29 is 13.2 Å². The van der Waals surface area contributed by atoms with Crippen LogP contribution in [0.5, 0.6) is 0 Å². The molecule has 2 aliphatic heterocycles. The Morgan fingerprint density at radius 3 is 2.22 bits per heavy atom. The van der Waals surface area contributed by atoms with Gasteiger partial charge in [-0.2, -0.15) is 13.2 Å². The molecule has 0 spiro atoms. The monoisotopic (exact) mass is 391 g/mol. The first-order valence-electron chi connectivity index (χ1n) is 10.4. The van der Waals surface area contributed by atoms with E-state index < -0.39 is 12.2 Å². The number of nitrogens with one attached hydrogen (secondary N) is 1. The third-order valence-electron chi connectivity index (χ3n) is 5.73. The summed E-state index contributed by atoms with van der Waals surface area (Å²) in [4.78, 5) is 10.4. The molecule has 0 aromatic rings. The third-order valence-corrected chi connectivity index (χ3v) is 5.73. The van der Waals surface area contributed by atoms with Crippen molar-refractivity contribution in [3.05, 3.63) is 0 Å². The van der Waals surface area contributed by atoms with Gasteiger partial charge in [0.05, 0.1) is 0 Å². The number of aliphatic imine (C=N–C) groups is 1. The average molecular weight is 392 g/mol. The van der Waals surface area contributed by atoms with Crippen LogP contribution < -0.4 is 5.32 Å². The molecule has 2 saturated heterocycles. The number of alkyl halides is 3. The highest BCUT2D eigenvalue weighted by Crippen LogP contribution is 2.25. The first kappa shape index (κ1) is 22.3. The topological polar surface area (TPSA) is 34.1 Å². The molecule has 158 valence electrons. The van der Waals surface area contributed by atoms with Crippen LogP contribution in [0.2, 0.25) is 0 Å². The average Bonchev–Trinajstić information content (AvgIpc) is 2.67. The van der Waals surface area contributed by atoms with E-state index in [1.54, 1.807) is 7.05 Å². The first-order chi connectivity index (χ1) is 12.9. The summed E-state index contributed by atoms with van der Waals surface area (Å²) < 4.78 is 38.5. The molecule has 1 unspecified atom stereocenters. The molecule has 2 rings (SSSR count). The summed E-state index contributed by atoms with van der Waals surface area (Å²) in [5.74, 6) is 0.811. The molecule has 0 saturated carbocycles. The number of nitrogens with zero attached hydrogens (tertiary/aromatic N) is 4. The number of unbranched alkanes of at least 4 members (excludes halogenated alkanes) is 2. The van der Waals surface area contributed by atoms with Gasteiger partial charge in [0.1, 0.15) is 6.04 Å². The molecule has 0 radical (unpaired) electrons. The molecule has 5 nitrogen and oxygen atoms in total. The maximum atomic E-state index is 12.8. The largest absolute Gasteiger partial charge is 0.403 e. The van der Waals surface area contributed by atoms with Crippen LogP contribution in [0, 0.1) is 0 Å². The smallest absolute Gasteiger partial charge is 0.356 e. The SMILES string of the molecule is CN=C(NCCCCCN1CCCCC1)N1CCN(C(C)C(F)(F)F)CC1. The molecular weight excluding hydrogens is 355 g/mol. The molecular formula is C19H36F3N5. The van der Waals surface area contributed by atoms with E-state index in [0.717, 1.165) is 18.9 Å². The van der Waals surface area contributed by atoms with Crippen molar-refractivity contribution in [1.29, 1.82) is 0 Å². The van der Waals surface area contributed by atoms with Crippen LogP contribution in [0.15, 0.2) is 4.99 Å². The normalized spacial score (nSPS) is 22.1. The quantitative estimate of drug-likeness (QED) is 0.411. The van der Waals surface area contributed by atoms with Gasteiger partial charge in [0, 0.05) is 39.8 Å². The Morgan fingerprint density at radius 1 is 0.963 bits per heavy atom. The summed E-state index contributed by atoms with van der Waals surface area (Å²) in [6.45, 7) is 7.80. The van der Waals surface area contributed by atoms with Crippen LogP contribution in [0.25, 0.3) is 0 Å². The molecule has 0 amide bonds. The molecule has 2 fully saturated rings. The molecule has 2 heterocycles. The maximum absolute atomic E-state index is 12.8. The lowest BCUT2D eigenvalue weighted by molar-refractivity contribution is -0.181. The summed E-state index contributed by atoms with van der Waals surface area (Å²) in [7, 11) is 1.74. The van der Waals surface area contributed by atoms with Crippen LogP contribution in [-0.4, -0.2) is 92.3 Å². The Bertz CT molecular complexity index is 441. The van der Waals surface area contributed by atoms with Crippen molar-refractivity contribution in [3.8, 4) is 0 Å². The minimum absolute atomic E-state index is 0.414. The van der Waals surface area contributed by atoms with Crippen LogP contribution in [0.1, 0.15) is 45.4 Å². The maximum Gasteiger partial charge on any atom is 0.403 e. The van der Waals surface area contributed by atoms with Gasteiger partial charge < -0.3 is 15.1 Å². The Balaban J connectivity index is 1.59. The van der Waals surface area contributed by atoms with Gasteiger partial charge in [-0.3, -0.25) is 9.89 Å². The molecule has 0 aromatic heterocycles. The highest BCUT2D eigenvalue weighted by atomic mass is 19.4. The van der Waals surface area contributed by atoms with E-state index in [2.05, 4.69) is 20.1 Å². The molecule has 0 aromatic carbocycles. The van der Waals surface area contributed by atoms with Crippen molar-refractivity contribution in [2.45, 2.75) is 57.7 Å². The molecule has 0 aliphatic carbocycles. The number of hydrogen-bond acceptors (Lipinski definition) is 3. The van der Waals surface area contributed by atoms with Gasteiger partial charge in [0.25, 0.3) is 0 Å². The number of likely N-dealkylation sites (tertiary alicyclic amines) is 1. The second-order valence-corrected chi connectivity index (χ2v) is 7.68. The standard InChI is InChI=1S/C19H36F3N5/c1-17(19(20,21)22)26-13-15-27(16-14-26)18(23-2)24-9-5-3-6-10-25-11-7-4-8-12-25/h17H,3-16H2,1-2H3,(H,23,24). The molecule has 1 N–H and O–H groups in total. The predicted molar refractivity (Wildman–Crippen MR) is 104 cm³/mol. The number of hydrogen-bond donors (Lipinski definition) is 1. The van der Waals surface area contributed by atoms with Gasteiger partial charge in [-0.15, -0.1) is 0 Å². The van der Waals surface area contributed by atoms with Gasteiger partial charge in [-0.1, -0.05) is 12.8 Å². The fourth-order valence-corrected chi connectivity index (χ4v) is 3.88. The number of piperazine rings is 1. The van der Waals surface area contributed by atoms with Crippen LogP contribution in [-0.2, 0) is 0 Å². The fourth-order valence-electron chi connectivity index (χ4n) is 3.88. The molecule has 27 heavy (non-hydrogen) atoms. The van der Waals surface area contributed by atoms with E-state index in [1.165, 1.54) is 63.6 Å². The summed E-state index contributed by atoms with van der Waals surface area (Å²) in [5, 5.41) is 3.37. The zero-order chi connectivity index (χ0) is 19.7. The Morgan fingerprint density at radius 2 is 1.63 bits per heavy atom. The van der Waals surface area contributed by atoms with E-state index in [-0.39, 0.29) is 0 Å². The van der Waals surface area contributed by atoms with Gasteiger partial charge >= 0.3 is 6.18 Å². The highest BCUT2D eigenvalue weighted by Gasteiger charge is 2.41. The number of rotatable bonds is 7. The second kappa shape index (κ2) is 11.1. The summed E-state index contributed by atoms with van der Waals surface area (Å²) in [6.07, 6.45) is 3.42. The lowest BCUT2D eigenvalue weighted by Gasteiger charge is -2.39. The van der Waals surface area contributed by atoms with Crippen LogP contribution in [0.4, 0.5) is 13.2 Å². The Kier molecular flexibility index (Phi) is 9.15. The Labute approximate surface area is 162 Å². The van der Waals surface area contributed by atoms with Gasteiger partial charge in [-0.05, 0) is 52.2 Å². The summed E-state index contributed by atoms with van der Waals surface area (Å²) in [6, 6.07) is -1.38. The van der Waals surface area contributed by atoms with Crippen LogP contribution >= 0.6 is 0 Å². The van der Waals surface area contributed by atoms with Crippen molar-refractivity contribution in [3.63, 3.8) is 0 Å². The fraction of sp³-hybridized carbons (Fsp3) is 0.947.